The summed E-state index contributed by atoms with van der Waals surface area (Å²) >= 11 is 2.84. The molecule has 3 heteroatoms. The van der Waals surface area contributed by atoms with Crippen LogP contribution < -0.4 is 0 Å². The fraction of sp³-hybridized carbons (Fsp3) is 0. The smallest absolute Gasteiger partial charge is 0.140 e. The van der Waals surface area contributed by atoms with Crippen LogP contribution in [-0.4, -0.2) is 0 Å². The average molecular weight is 269 g/mol. The van der Waals surface area contributed by atoms with Crippen molar-refractivity contribution in [3.63, 3.8) is 0 Å². The maximum Gasteiger partial charge on any atom is 0.140 e. The van der Waals surface area contributed by atoms with Crippen LogP contribution in [0.5, 0.6) is 0 Å². The number of hydrogen-bond acceptors (Lipinski definition) is 0. The Labute approximate surface area is 94.7 Å². The summed E-state index contributed by atoms with van der Waals surface area (Å²) in [5.74, 6) is -1.18. The van der Waals surface area contributed by atoms with Gasteiger partial charge in [-0.25, -0.2) is 8.78 Å². The Bertz CT molecular complexity index is 457. The molecule has 0 atom stereocenters. The molecular weight excluding hydrogens is 262 g/mol. The van der Waals surface area contributed by atoms with Crippen LogP contribution in [0, 0.1) is 11.6 Å². The van der Waals surface area contributed by atoms with Crippen LogP contribution in [0.4, 0.5) is 8.78 Å². The van der Waals surface area contributed by atoms with Crippen LogP contribution in [-0.2, 0) is 0 Å². The van der Waals surface area contributed by atoms with Gasteiger partial charge in [-0.3, -0.25) is 0 Å². The molecule has 0 N–H and O–H groups in total. The summed E-state index contributed by atoms with van der Waals surface area (Å²) in [6.07, 6.45) is 0. The molecule has 0 amide bonds. The highest BCUT2D eigenvalue weighted by Crippen LogP contribution is 2.27. The Kier molecular flexibility index (Phi) is 2.82. The van der Waals surface area contributed by atoms with Gasteiger partial charge in [-0.1, -0.05) is 30.3 Å². The molecule has 0 aromatic heterocycles. The van der Waals surface area contributed by atoms with Gasteiger partial charge in [-0.2, -0.15) is 0 Å². The SMILES string of the molecule is Fc1cc(-c2ccccc2)cc(F)c1Br. The predicted molar refractivity (Wildman–Crippen MR) is 59.5 cm³/mol. The van der Waals surface area contributed by atoms with Crippen LogP contribution in [0.1, 0.15) is 0 Å². The molecule has 0 fully saturated rings. The van der Waals surface area contributed by atoms with Crippen LogP contribution in [0.3, 0.4) is 0 Å². The van der Waals surface area contributed by atoms with Gasteiger partial charge in [0.25, 0.3) is 0 Å². The van der Waals surface area contributed by atoms with Crippen molar-refractivity contribution < 1.29 is 8.78 Å². The highest BCUT2D eigenvalue weighted by atomic mass is 79.9. The maximum absolute atomic E-state index is 13.2. The molecule has 2 aromatic rings. The minimum absolute atomic E-state index is 0.123. The molecule has 0 bridgehead atoms. The Morgan fingerprint density at radius 1 is 0.800 bits per heavy atom. The van der Waals surface area contributed by atoms with Crippen molar-refractivity contribution in [2.45, 2.75) is 0 Å². The van der Waals surface area contributed by atoms with Gasteiger partial charge >= 0.3 is 0 Å². The average Bonchev–Trinajstić information content (AvgIpc) is 2.26. The van der Waals surface area contributed by atoms with Crippen LogP contribution in [0.25, 0.3) is 11.1 Å². The molecule has 0 aliphatic carbocycles. The number of benzene rings is 2. The van der Waals surface area contributed by atoms with Crippen molar-refractivity contribution in [3.05, 3.63) is 58.6 Å². The van der Waals surface area contributed by atoms with E-state index in [2.05, 4.69) is 15.9 Å². The lowest BCUT2D eigenvalue weighted by Crippen LogP contribution is -1.87. The van der Waals surface area contributed by atoms with Gasteiger partial charge in [0, 0.05) is 0 Å². The predicted octanol–water partition coefficient (Wildman–Crippen LogP) is 4.39. The molecule has 76 valence electrons. The van der Waals surface area contributed by atoms with Gasteiger partial charge in [0.2, 0.25) is 0 Å². The zero-order valence-electron chi connectivity index (χ0n) is 7.68. The molecule has 0 unspecified atom stereocenters. The van der Waals surface area contributed by atoms with Crippen LogP contribution in [0.15, 0.2) is 46.9 Å². The quantitative estimate of drug-likeness (QED) is 0.673. The molecular formula is C12H7BrF2. The molecule has 2 rings (SSSR count). The first-order chi connectivity index (χ1) is 7.18. The molecule has 0 aliphatic rings. The summed E-state index contributed by atoms with van der Waals surface area (Å²) in [5, 5.41) is 0. The van der Waals surface area contributed by atoms with E-state index < -0.39 is 11.6 Å². The molecule has 0 aliphatic heterocycles. The van der Waals surface area contributed by atoms with E-state index in [9.17, 15) is 8.78 Å². The summed E-state index contributed by atoms with van der Waals surface area (Å²) in [4.78, 5) is 0. The van der Waals surface area contributed by atoms with E-state index in [0.717, 1.165) is 5.56 Å². The van der Waals surface area contributed by atoms with E-state index in [-0.39, 0.29) is 4.47 Å². The van der Waals surface area contributed by atoms with E-state index >= 15 is 0 Å². The van der Waals surface area contributed by atoms with Gasteiger partial charge in [0.05, 0.1) is 4.47 Å². The fourth-order valence-electron chi connectivity index (χ4n) is 1.35. The lowest BCUT2D eigenvalue weighted by Gasteiger charge is -2.03. The van der Waals surface area contributed by atoms with E-state index in [1.165, 1.54) is 12.1 Å². The van der Waals surface area contributed by atoms with E-state index in [1.807, 2.05) is 30.3 Å². The largest absolute Gasteiger partial charge is 0.206 e. The fourth-order valence-corrected chi connectivity index (χ4v) is 1.58. The van der Waals surface area contributed by atoms with Crippen molar-refractivity contribution in [2.75, 3.05) is 0 Å². The number of rotatable bonds is 1. The molecule has 2 aromatic carbocycles. The van der Waals surface area contributed by atoms with Gasteiger partial charge in [-0.05, 0) is 39.2 Å². The monoisotopic (exact) mass is 268 g/mol. The molecule has 0 radical (unpaired) electrons. The van der Waals surface area contributed by atoms with Gasteiger partial charge < -0.3 is 0 Å². The Morgan fingerprint density at radius 2 is 1.33 bits per heavy atom. The topological polar surface area (TPSA) is 0 Å². The highest BCUT2D eigenvalue weighted by molar-refractivity contribution is 9.10. The first kappa shape index (κ1) is 10.3. The second kappa shape index (κ2) is 4.11. The summed E-state index contributed by atoms with van der Waals surface area (Å²) < 4.78 is 26.4. The number of halogens is 3. The van der Waals surface area contributed by atoms with E-state index in [1.54, 1.807) is 0 Å². The zero-order valence-corrected chi connectivity index (χ0v) is 9.26. The highest BCUT2D eigenvalue weighted by Gasteiger charge is 2.08. The van der Waals surface area contributed by atoms with Crippen molar-refractivity contribution in [1.29, 1.82) is 0 Å². The minimum atomic E-state index is -0.589. The molecule has 15 heavy (non-hydrogen) atoms. The lowest BCUT2D eigenvalue weighted by atomic mass is 10.1. The third-order valence-electron chi connectivity index (χ3n) is 2.09. The second-order valence-electron chi connectivity index (χ2n) is 3.12. The van der Waals surface area contributed by atoms with Crippen molar-refractivity contribution >= 4 is 15.9 Å². The Morgan fingerprint density at radius 3 is 1.87 bits per heavy atom. The maximum atomic E-state index is 13.2. The zero-order chi connectivity index (χ0) is 10.8. The number of hydrogen-bond donors (Lipinski definition) is 0. The van der Waals surface area contributed by atoms with Crippen LogP contribution >= 0.6 is 15.9 Å². The van der Waals surface area contributed by atoms with Crippen molar-refractivity contribution in [1.82, 2.24) is 0 Å². The van der Waals surface area contributed by atoms with Crippen molar-refractivity contribution in [3.8, 4) is 11.1 Å². The molecule has 0 saturated carbocycles. The van der Waals surface area contributed by atoms with E-state index in [0.29, 0.717) is 5.56 Å². The lowest BCUT2D eigenvalue weighted by molar-refractivity contribution is 0.573. The summed E-state index contributed by atoms with van der Waals surface area (Å²) in [5.41, 5.74) is 1.33. The van der Waals surface area contributed by atoms with E-state index in [4.69, 9.17) is 0 Å². The summed E-state index contributed by atoms with van der Waals surface area (Å²) in [6, 6.07) is 11.7. The molecule has 0 saturated heterocycles. The Balaban J connectivity index is 2.56. The minimum Gasteiger partial charge on any atom is -0.206 e. The summed E-state index contributed by atoms with van der Waals surface area (Å²) in [6.45, 7) is 0. The second-order valence-corrected chi connectivity index (χ2v) is 3.91. The third kappa shape index (κ3) is 2.07. The summed E-state index contributed by atoms with van der Waals surface area (Å²) in [7, 11) is 0. The first-order valence-electron chi connectivity index (χ1n) is 4.38. The van der Waals surface area contributed by atoms with Gasteiger partial charge in [0.15, 0.2) is 0 Å². The normalized spacial score (nSPS) is 10.3. The Hall–Kier alpha value is -1.22. The van der Waals surface area contributed by atoms with Gasteiger partial charge in [0.1, 0.15) is 11.6 Å². The molecule has 0 nitrogen and oxygen atoms in total. The first-order valence-corrected chi connectivity index (χ1v) is 5.18. The van der Waals surface area contributed by atoms with Crippen molar-refractivity contribution in [2.24, 2.45) is 0 Å². The molecule has 0 spiro atoms. The standard InChI is InChI=1S/C12H7BrF2/c13-12-10(14)6-9(7-11(12)15)8-4-2-1-3-5-8/h1-7H. The van der Waals surface area contributed by atoms with Gasteiger partial charge in [-0.15, -0.1) is 0 Å². The van der Waals surface area contributed by atoms with Crippen LogP contribution in [0.2, 0.25) is 0 Å². The third-order valence-corrected chi connectivity index (χ3v) is 2.85. The molecule has 0 heterocycles.